The Hall–Kier alpha value is -0.990. The second-order valence-corrected chi connectivity index (χ2v) is 6.01. The van der Waals surface area contributed by atoms with Crippen molar-refractivity contribution in [3.05, 3.63) is 12.2 Å². The minimum absolute atomic E-state index is 0.0823. The number of rotatable bonds is 5. The van der Waals surface area contributed by atoms with Gasteiger partial charge < -0.3 is 9.84 Å². The SMILES string of the molecule is O=S(=O)(CC1CCCNC1)NCc1ncon1. The monoisotopic (exact) mass is 260 g/mol. The number of piperidine rings is 1. The van der Waals surface area contributed by atoms with E-state index in [-0.39, 0.29) is 18.2 Å². The third-order valence-electron chi connectivity index (χ3n) is 2.71. The molecule has 1 saturated heterocycles. The van der Waals surface area contributed by atoms with Gasteiger partial charge in [0.05, 0.1) is 12.3 Å². The van der Waals surface area contributed by atoms with Gasteiger partial charge in [0.15, 0.2) is 5.82 Å². The Balaban J connectivity index is 1.81. The van der Waals surface area contributed by atoms with E-state index in [0.717, 1.165) is 25.9 Å². The van der Waals surface area contributed by atoms with Crippen molar-refractivity contribution in [3.63, 3.8) is 0 Å². The van der Waals surface area contributed by atoms with Crippen LogP contribution in [-0.2, 0) is 16.6 Å². The molecule has 0 aliphatic carbocycles. The van der Waals surface area contributed by atoms with E-state index in [9.17, 15) is 8.42 Å². The van der Waals surface area contributed by atoms with Crippen molar-refractivity contribution in [3.8, 4) is 0 Å². The summed E-state index contributed by atoms with van der Waals surface area (Å²) < 4.78 is 30.5. The van der Waals surface area contributed by atoms with Gasteiger partial charge >= 0.3 is 0 Å². The predicted octanol–water partition coefficient (Wildman–Crippen LogP) is -0.511. The van der Waals surface area contributed by atoms with Gasteiger partial charge in [-0.15, -0.1) is 0 Å². The van der Waals surface area contributed by atoms with Crippen LogP contribution < -0.4 is 10.0 Å². The standard InChI is InChI=1S/C9H16N4O3S/c14-17(15,6-8-2-1-3-10-4-8)12-5-9-11-7-16-13-9/h7-8,10,12H,1-6H2. The summed E-state index contributed by atoms with van der Waals surface area (Å²) in [4.78, 5) is 3.75. The maximum atomic E-state index is 11.8. The molecular formula is C9H16N4O3S. The Morgan fingerprint density at radius 2 is 2.47 bits per heavy atom. The summed E-state index contributed by atoms with van der Waals surface area (Å²) in [6, 6.07) is 0. The highest BCUT2D eigenvalue weighted by Crippen LogP contribution is 2.11. The van der Waals surface area contributed by atoms with Crippen molar-refractivity contribution in [2.75, 3.05) is 18.8 Å². The first-order valence-corrected chi connectivity index (χ1v) is 7.24. The molecule has 7 nitrogen and oxygen atoms in total. The summed E-state index contributed by atoms with van der Waals surface area (Å²) in [5, 5.41) is 6.74. The van der Waals surface area contributed by atoms with Gasteiger partial charge in [-0.3, -0.25) is 0 Å². The maximum absolute atomic E-state index is 11.8. The number of nitrogens with zero attached hydrogens (tertiary/aromatic N) is 2. The molecule has 2 N–H and O–H groups in total. The summed E-state index contributed by atoms with van der Waals surface area (Å²) in [6.45, 7) is 1.83. The lowest BCUT2D eigenvalue weighted by Gasteiger charge is -2.22. The summed E-state index contributed by atoms with van der Waals surface area (Å²) in [7, 11) is -3.27. The fourth-order valence-corrected chi connectivity index (χ4v) is 3.25. The summed E-state index contributed by atoms with van der Waals surface area (Å²) >= 11 is 0. The molecule has 1 aliphatic heterocycles. The molecular weight excluding hydrogens is 244 g/mol. The first-order chi connectivity index (χ1) is 8.16. The smallest absolute Gasteiger partial charge is 0.213 e. The van der Waals surface area contributed by atoms with Crippen LogP contribution in [-0.4, -0.2) is 37.4 Å². The quantitative estimate of drug-likeness (QED) is 0.740. The minimum atomic E-state index is -3.27. The van der Waals surface area contributed by atoms with Crippen molar-refractivity contribution in [1.29, 1.82) is 0 Å². The summed E-state index contributed by atoms with van der Waals surface area (Å²) in [5.41, 5.74) is 0. The van der Waals surface area contributed by atoms with Gasteiger partial charge in [-0.2, -0.15) is 4.98 Å². The van der Waals surface area contributed by atoms with E-state index in [4.69, 9.17) is 0 Å². The van der Waals surface area contributed by atoms with Crippen molar-refractivity contribution >= 4 is 10.0 Å². The number of hydrogen-bond acceptors (Lipinski definition) is 6. The molecule has 1 atom stereocenters. The van der Waals surface area contributed by atoms with Crippen LogP contribution in [0.5, 0.6) is 0 Å². The van der Waals surface area contributed by atoms with Crippen LogP contribution in [0, 0.1) is 5.92 Å². The van der Waals surface area contributed by atoms with Crippen LogP contribution in [0.1, 0.15) is 18.7 Å². The van der Waals surface area contributed by atoms with E-state index < -0.39 is 10.0 Å². The van der Waals surface area contributed by atoms with Crippen LogP contribution in [0.3, 0.4) is 0 Å². The highest BCUT2D eigenvalue weighted by atomic mass is 32.2. The zero-order valence-corrected chi connectivity index (χ0v) is 10.2. The van der Waals surface area contributed by atoms with Gasteiger partial charge in [-0.05, 0) is 31.8 Å². The number of aromatic nitrogens is 2. The molecule has 17 heavy (non-hydrogen) atoms. The Kier molecular flexibility index (Phi) is 4.08. The molecule has 1 unspecified atom stereocenters. The average molecular weight is 260 g/mol. The van der Waals surface area contributed by atoms with E-state index in [2.05, 4.69) is 24.7 Å². The summed E-state index contributed by atoms with van der Waals surface area (Å²) in [5.74, 6) is 0.680. The second-order valence-electron chi connectivity index (χ2n) is 4.16. The number of hydrogen-bond donors (Lipinski definition) is 2. The van der Waals surface area contributed by atoms with Crippen LogP contribution >= 0.6 is 0 Å². The predicted molar refractivity (Wildman–Crippen MR) is 60.5 cm³/mol. The molecule has 96 valence electrons. The van der Waals surface area contributed by atoms with Crippen molar-refractivity contribution in [1.82, 2.24) is 20.2 Å². The molecule has 0 radical (unpaired) electrons. The Labute approximate surface area is 100 Å². The molecule has 1 fully saturated rings. The number of sulfonamides is 1. The van der Waals surface area contributed by atoms with E-state index in [1.807, 2.05) is 0 Å². The van der Waals surface area contributed by atoms with Gasteiger partial charge in [-0.25, -0.2) is 13.1 Å². The molecule has 0 aromatic carbocycles. The lowest BCUT2D eigenvalue weighted by molar-refractivity contribution is 0.401. The van der Waals surface area contributed by atoms with E-state index in [0.29, 0.717) is 5.82 Å². The topological polar surface area (TPSA) is 97.1 Å². The van der Waals surface area contributed by atoms with Crippen molar-refractivity contribution < 1.29 is 12.9 Å². The first-order valence-electron chi connectivity index (χ1n) is 5.59. The fourth-order valence-electron chi connectivity index (χ4n) is 1.88. The minimum Gasteiger partial charge on any atom is -0.343 e. The van der Waals surface area contributed by atoms with E-state index >= 15 is 0 Å². The molecule has 2 rings (SSSR count). The van der Waals surface area contributed by atoms with E-state index in [1.165, 1.54) is 6.39 Å². The van der Waals surface area contributed by atoms with Crippen molar-refractivity contribution in [2.45, 2.75) is 19.4 Å². The lowest BCUT2D eigenvalue weighted by atomic mass is 10.0. The molecule has 0 spiro atoms. The summed E-state index contributed by atoms with van der Waals surface area (Å²) in [6.07, 6.45) is 3.16. The zero-order chi connectivity index (χ0) is 12.1. The van der Waals surface area contributed by atoms with Crippen molar-refractivity contribution in [2.24, 2.45) is 5.92 Å². The highest BCUT2D eigenvalue weighted by Gasteiger charge is 2.21. The van der Waals surface area contributed by atoms with Crippen LogP contribution in [0.2, 0.25) is 0 Å². The molecule has 1 aromatic heterocycles. The van der Waals surface area contributed by atoms with Gasteiger partial charge in [0.25, 0.3) is 0 Å². The molecule has 8 heteroatoms. The largest absolute Gasteiger partial charge is 0.343 e. The molecule has 1 aromatic rings. The van der Waals surface area contributed by atoms with Crippen LogP contribution in [0.25, 0.3) is 0 Å². The van der Waals surface area contributed by atoms with Gasteiger partial charge in [0, 0.05) is 0 Å². The van der Waals surface area contributed by atoms with Gasteiger partial charge in [0.2, 0.25) is 16.4 Å². The van der Waals surface area contributed by atoms with Gasteiger partial charge in [0.1, 0.15) is 0 Å². The third kappa shape index (κ3) is 4.06. The fraction of sp³-hybridized carbons (Fsp3) is 0.778. The molecule has 0 saturated carbocycles. The molecule has 0 bridgehead atoms. The lowest BCUT2D eigenvalue weighted by Crippen LogP contribution is -2.37. The maximum Gasteiger partial charge on any atom is 0.213 e. The van der Waals surface area contributed by atoms with Gasteiger partial charge in [-0.1, -0.05) is 5.16 Å². The Morgan fingerprint density at radius 3 is 3.12 bits per heavy atom. The number of nitrogens with one attached hydrogen (secondary N) is 2. The van der Waals surface area contributed by atoms with Crippen LogP contribution in [0.4, 0.5) is 0 Å². The van der Waals surface area contributed by atoms with E-state index in [1.54, 1.807) is 0 Å². The Morgan fingerprint density at radius 1 is 1.59 bits per heavy atom. The normalized spacial score (nSPS) is 21.5. The molecule has 2 heterocycles. The second kappa shape index (κ2) is 5.56. The molecule has 0 amide bonds. The average Bonchev–Trinajstić information content (AvgIpc) is 2.80. The Bertz CT molecular complexity index is 425. The molecule has 1 aliphatic rings. The first kappa shape index (κ1) is 12.5. The third-order valence-corrected chi connectivity index (χ3v) is 4.21. The zero-order valence-electron chi connectivity index (χ0n) is 9.42. The van der Waals surface area contributed by atoms with Crippen LogP contribution in [0.15, 0.2) is 10.9 Å². The highest BCUT2D eigenvalue weighted by molar-refractivity contribution is 7.89.